The Balaban J connectivity index is 2.52. The van der Waals surface area contributed by atoms with E-state index >= 15 is 0 Å². The number of nitrogens with zero attached hydrogens (tertiary/aromatic N) is 1. The van der Waals surface area contributed by atoms with Crippen LogP contribution in [0.15, 0.2) is 0 Å². The third kappa shape index (κ3) is 2.19. The zero-order chi connectivity index (χ0) is 9.84. The van der Waals surface area contributed by atoms with Crippen molar-refractivity contribution in [3.63, 3.8) is 0 Å². The Bertz CT molecular complexity index is 172. The van der Waals surface area contributed by atoms with Gasteiger partial charge in [0, 0.05) is 33.7 Å². The summed E-state index contributed by atoms with van der Waals surface area (Å²) in [6.45, 7) is 3.17. The Hall–Kier alpha value is -0.610. The van der Waals surface area contributed by atoms with Gasteiger partial charge in [0.05, 0.1) is 0 Å². The van der Waals surface area contributed by atoms with Crippen LogP contribution in [0.3, 0.4) is 0 Å². The first-order chi connectivity index (χ1) is 6.22. The smallest absolute Gasteiger partial charge is 0.222 e. The van der Waals surface area contributed by atoms with Crippen LogP contribution in [0.4, 0.5) is 0 Å². The fourth-order valence-corrected chi connectivity index (χ4v) is 1.62. The molecule has 1 aliphatic heterocycles. The molecule has 1 aliphatic rings. The maximum absolute atomic E-state index is 11.4. The minimum Gasteiger partial charge on any atom is -0.377 e. The van der Waals surface area contributed by atoms with Crippen molar-refractivity contribution in [3.05, 3.63) is 0 Å². The van der Waals surface area contributed by atoms with Crippen LogP contribution in [0.5, 0.6) is 0 Å². The molecule has 4 nitrogen and oxygen atoms in total. The van der Waals surface area contributed by atoms with E-state index in [2.05, 4.69) is 0 Å². The standard InChI is InChI=1S/C9H17NO3/c1-4-9(11)10-5-7(12-2)8(6-10)13-3/h7-8H,4-6H2,1-3H3. The Kier molecular flexibility index (Phi) is 3.69. The van der Waals surface area contributed by atoms with Crippen LogP contribution < -0.4 is 0 Å². The number of methoxy groups -OCH3 is 2. The van der Waals surface area contributed by atoms with E-state index in [9.17, 15) is 4.79 Å². The largest absolute Gasteiger partial charge is 0.377 e. The molecule has 2 atom stereocenters. The highest BCUT2D eigenvalue weighted by molar-refractivity contribution is 5.76. The summed E-state index contributed by atoms with van der Waals surface area (Å²) in [7, 11) is 3.30. The molecule has 4 heteroatoms. The minimum atomic E-state index is 0.0282. The highest BCUT2D eigenvalue weighted by Crippen LogP contribution is 2.16. The summed E-state index contributed by atoms with van der Waals surface area (Å²) >= 11 is 0. The Morgan fingerprint density at radius 3 is 2.08 bits per heavy atom. The summed E-state index contributed by atoms with van der Waals surface area (Å²) in [5.74, 6) is 0.168. The van der Waals surface area contributed by atoms with Crippen LogP contribution in [0, 0.1) is 0 Å². The number of amides is 1. The van der Waals surface area contributed by atoms with Gasteiger partial charge in [0.25, 0.3) is 0 Å². The van der Waals surface area contributed by atoms with Crippen LogP contribution in [0.25, 0.3) is 0 Å². The van der Waals surface area contributed by atoms with Gasteiger partial charge in [-0.25, -0.2) is 0 Å². The highest BCUT2D eigenvalue weighted by atomic mass is 16.5. The average molecular weight is 187 g/mol. The first-order valence-corrected chi connectivity index (χ1v) is 4.56. The Labute approximate surface area is 78.8 Å². The molecule has 0 aromatic heterocycles. The molecule has 1 saturated heterocycles. The van der Waals surface area contributed by atoms with Crippen LogP contribution in [0.1, 0.15) is 13.3 Å². The molecule has 76 valence electrons. The van der Waals surface area contributed by atoms with Gasteiger partial charge >= 0.3 is 0 Å². The Morgan fingerprint density at radius 2 is 1.77 bits per heavy atom. The van der Waals surface area contributed by atoms with Crippen LogP contribution in [-0.4, -0.2) is 50.3 Å². The van der Waals surface area contributed by atoms with E-state index in [0.717, 1.165) is 0 Å². The van der Waals surface area contributed by atoms with Crippen LogP contribution >= 0.6 is 0 Å². The van der Waals surface area contributed by atoms with Crippen molar-refractivity contribution in [1.82, 2.24) is 4.90 Å². The summed E-state index contributed by atoms with van der Waals surface area (Å²) in [5.41, 5.74) is 0. The monoisotopic (exact) mass is 187 g/mol. The van der Waals surface area contributed by atoms with E-state index in [4.69, 9.17) is 9.47 Å². The summed E-state index contributed by atoms with van der Waals surface area (Å²) in [6.07, 6.45) is 0.605. The van der Waals surface area contributed by atoms with Crippen molar-refractivity contribution in [2.45, 2.75) is 25.6 Å². The predicted octanol–water partition coefficient (Wildman–Crippen LogP) is 0.269. The second-order valence-electron chi connectivity index (χ2n) is 3.20. The Morgan fingerprint density at radius 1 is 1.31 bits per heavy atom. The molecule has 0 aromatic rings. The minimum absolute atomic E-state index is 0.0282. The molecule has 1 heterocycles. The third-order valence-corrected chi connectivity index (χ3v) is 2.48. The van der Waals surface area contributed by atoms with Gasteiger partial charge < -0.3 is 14.4 Å². The lowest BCUT2D eigenvalue weighted by Crippen LogP contribution is -2.29. The topological polar surface area (TPSA) is 38.8 Å². The molecule has 0 saturated carbocycles. The van der Waals surface area contributed by atoms with E-state index in [1.165, 1.54) is 0 Å². The average Bonchev–Trinajstić information content (AvgIpc) is 2.59. The quantitative estimate of drug-likeness (QED) is 0.636. The number of carbonyl (C=O) groups excluding carboxylic acids is 1. The number of hydrogen-bond acceptors (Lipinski definition) is 3. The van der Waals surface area contributed by atoms with E-state index < -0.39 is 0 Å². The molecule has 0 radical (unpaired) electrons. The molecule has 2 unspecified atom stereocenters. The third-order valence-electron chi connectivity index (χ3n) is 2.48. The second-order valence-corrected chi connectivity index (χ2v) is 3.20. The number of likely N-dealkylation sites (tertiary alicyclic amines) is 1. The first kappa shape index (κ1) is 10.5. The summed E-state index contributed by atoms with van der Waals surface area (Å²) in [4.78, 5) is 13.1. The summed E-state index contributed by atoms with van der Waals surface area (Å²) in [6, 6.07) is 0. The lowest BCUT2D eigenvalue weighted by Gasteiger charge is -2.13. The maximum Gasteiger partial charge on any atom is 0.222 e. The molecule has 1 fully saturated rings. The lowest BCUT2D eigenvalue weighted by atomic mass is 10.3. The van der Waals surface area contributed by atoms with Gasteiger partial charge in [-0.2, -0.15) is 0 Å². The van der Waals surface area contributed by atoms with E-state index in [0.29, 0.717) is 19.5 Å². The molecular weight excluding hydrogens is 170 g/mol. The molecule has 13 heavy (non-hydrogen) atoms. The van der Waals surface area contributed by atoms with Crippen molar-refractivity contribution in [3.8, 4) is 0 Å². The molecule has 1 rings (SSSR count). The highest BCUT2D eigenvalue weighted by Gasteiger charge is 2.34. The number of carbonyl (C=O) groups is 1. The number of ether oxygens (including phenoxy) is 2. The molecular formula is C9H17NO3. The van der Waals surface area contributed by atoms with Gasteiger partial charge in [-0.15, -0.1) is 0 Å². The lowest BCUT2D eigenvalue weighted by molar-refractivity contribution is -0.130. The fourth-order valence-electron chi connectivity index (χ4n) is 1.62. The van der Waals surface area contributed by atoms with Gasteiger partial charge in [-0.1, -0.05) is 6.92 Å². The van der Waals surface area contributed by atoms with Gasteiger partial charge in [0.2, 0.25) is 5.91 Å². The van der Waals surface area contributed by atoms with E-state index in [1.807, 2.05) is 6.92 Å². The molecule has 0 bridgehead atoms. The zero-order valence-electron chi connectivity index (χ0n) is 8.45. The second kappa shape index (κ2) is 4.58. The van der Waals surface area contributed by atoms with Gasteiger partial charge in [-0.05, 0) is 0 Å². The SMILES string of the molecule is CCC(=O)N1CC(OC)C(OC)C1. The van der Waals surface area contributed by atoms with Crippen molar-refractivity contribution >= 4 is 5.91 Å². The van der Waals surface area contributed by atoms with Gasteiger partial charge in [0.15, 0.2) is 0 Å². The fraction of sp³-hybridized carbons (Fsp3) is 0.889. The number of hydrogen-bond donors (Lipinski definition) is 0. The zero-order valence-corrected chi connectivity index (χ0v) is 8.45. The van der Waals surface area contributed by atoms with E-state index in [1.54, 1.807) is 19.1 Å². The van der Waals surface area contributed by atoms with Crippen LogP contribution in [0.2, 0.25) is 0 Å². The molecule has 0 N–H and O–H groups in total. The molecule has 0 aliphatic carbocycles. The first-order valence-electron chi connectivity index (χ1n) is 4.56. The van der Waals surface area contributed by atoms with Crippen molar-refractivity contribution in [1.29, 1.82) is 0 Å². The normalized spacial score (nSPS) is 28.1. The molecule has 0 aromatic carbocycles. The predicted molar refractivity (Wildman–Crippen MR) is 48.5 cm³/mol. The van der Waals surface area contributed by atoms with E-state index in [-0.39, 0.29) is 18.1 Å². The molecule has 1 amide bonds. The summed E-state index contributed by atoms with van der Waals surface area (Å²) in [5, 5.41) is 0. The van der Waals surface area contributed by atoms with Crippen molar-refractivity contribution in [2.24, 2.45) is 0 Å². The van der Waals surface area contributed by atoms with Crippen molar-refractivity contribution in [2.75, 3.05) is 27.3 Å². The maximum atomic E-state index is 11.4. The molecule has 0 spiro atoms. The van der Waals surface area contributed by atoms with Gasteiger partial charge in [0.1, 0.15) is 12.2 Å². The summed E-state index contributed by atoms with van der Waals surface area (Å²) < 4.78 is 10.4. The van der Waals surface area contributed by atoms with Gasteiger partial charge in [-0.3, -0.25) is 4.79 Å². The van der Waals surface area contributed by atoms with Crippen LogP contribution in [-0.2, 0) is 14.3 Å². The number of rotatable bonds is 3. The van der Waals surface area contributed by atoms with Crippen molar-refractivity contribution < 1.29 is 14.3 Å².